The van der Waals surface area contributed by atoms with Gasteiger partial charge in [0, 0.05) is 47.5 Å². The molecular formula is C12H24N2OS. The zero-order valence-electron chi connectivity index (χ0n) is 10.3. The molecule has 0 aromatic rings. The van der Waals surface area contributed by atoms with E-state index in [-0.39, 0.29) is 0 Å². The van der Waals surface area contributed by atoms with E-state index < -0.39 is 10.8 Å². The van der Waals surface area contributed by atoms with Gasteiger partial charge in [0.2, 0.25) is 0 Å². The van der Waals surface area contributed by atoms with Crippen LogP contribution < -0.4 is 5.32 Å². The topological polar surface area (TPSA) is 32.3 Å². The van der Waals surface area contributed by atoms with Gasteiger partial charge in [0.15, 0.2) is 0 Å². The summed E-state index contributed by atoms with van der Waals surface area (Å²) >= 11 is 0. The molecule has 0 amide bonds. The van der Waals surface area contributed by atoms with Gasteiger partial charge in [-0.2, -0.15) is 0 Å². The summed E-state index contributed by atoms with van der Waals surface area (Å²) in [6.07, 6.45) is 5.18. The lowest BCUT2D eigenvalue weighted by Crippen LogP contribution is -2.52. The molecule has 1 N–H and O–H groups in total. The van der Waals surface area contributed by atoms with Crippen molar-refractivity contribution in [3.8, 4) is 0 Å². The molecule has 0 aromatic carbocycles. The van der Waals surface area contributed by atoms with Crippen LogP contribution in [0.25, 0.3) is 0 Å². The Kier molecular flexibility index (Phi) is 4.39. The van der Waals surface area contributed by atoms with E-state index in [1.807, 2.05) is 0 Å². The van der Waals surface area contributed by atoms with Gasteiger partial charge in [0.1, 0.15) is 0 Å². The number of hydrogen-bond donors (Lipinski definition) is 1. The minimum Gasteiger partial charge on any atom is -0.310 e. The molecule has 1 atom stereocenters. The normalized spacial score (nSPS) is 33.3. The Labute approximate surface area is 101 Å². The first-order valence-corrected chi connectivity index (χ1v) is 8.05. The van der Waals surface area contributed by atoms with Crippen LogP contribution in [0.3, 0.4) is 0 Å². The standard InChI is InChI=1S/C12H24N2OS/c1-2-4-12(5-3-6-13-12)11-14-7-9-16(15)10-8-14/h13H,2-11H2,1H3. The number of nitrogens with one attached hydrogen (secondary N) is 1. The maximum Gasteiger partial charge on any atom is 0.0363 e. The molecule has 16 heavy (non-hydrogen) atoms. The summed E-state index contributed by atoms with van der Waals surface area (Å²) < 4.78 is 11.3. The summed E-state index contributed by atoms with van der Waals surface area (Å²) in [7, 11) is -0.543. The predicted octanol–water partition coefficient (Wildman–Crippen LogP) is 0.973. The van der Waals surface area contributed by atoms with Crippen LogP contribution in [0.1, 0.15) is 32.6 Å². The molecule has 0 saturated carbocycles. The van der Waals surface area contributed by atoms with Crippen LogP contribution in [0.2, 0.25) is 0 Å². The van der Waals surface area contributed by atoms with Gasteiger partial charge in [0.05, 0.1) is 0 Å². The third-order valence-corrected chi connectivity index (χ3v) is 5.13. The van der Waals surface area contributed by atoms with Crippen LogP contribution >= 0.6 is 0 Å². The Hall–Kier alpha value is 0.0700. The van der Waals surface area contributed by atoms with Gasteiger partial charge in [-0.3, -0.25) is 9.11 Å². The van der Waals surface area contributed by atoms with Crippen LogP contribution in [-0.2, 0) is 10.8 Å². The molecule has 0 spiro atoms. The zero-order valence-corrected chi connectivity index (χ0v) is 11.2. The first-order chi connectivity index (χ1) is 7.74. The fourth-order valence-corrected chi connectivity index (χ4v) is 4.16. The van der Waals surface area contributed by atoms with E-state index in [4.69, 9.17) is 0 Å². The van der Waals surface area contributed by atoms with Crippen LogP contribution in [0, 0.1) is 0 Å². The van der Waals surface area contributed by atoms with E-state index in [1.165, 1.54) is 32.2 Å². The minimum absolute atomic E-state index is 0.369. The van der Waals surface area contributed by atoms with Crippen molar-refractivity contribution in [1.29, 1.82) is 0 Å². The average molecular weight is 244 g/mol. The molecule has 0 bridgehead atoms. The maximum atomic E-state index is 11.3. The maximum absolute atomic E-state index is 11.3. The lowest BCUT2D eigenvalue weighted by molar-refractivity contribution is 0.195. The molecule has 3 nitrogen and oxygen atoms in total. The molecule has 2 rings (SSSR count). The predicted molar refractivity (Wildman–Crippen MR) is 69.2 cm³/mol. The van der Waals surface area contributed by atoms with Crippen molar-refractivity contribution in [3.05, 3.63) is 0 Å². The largest absolute Gasteiger partial charge is 0.310 e. The quantitative estimate of drug-likeness (QED) is 0.800. The number of rotatable bonds is 4. The molecular weight excluding hydrogens is 220 g/mol. The molecule has 0 aliphatic carbocycles. The first-order valence-electron chi connectivity index (χ1n) is 6.56. The average Bonchev–Trinajstić information content (AvgIpc) is 2.71. The molecule has 2 aliphatic rings. The highest BCUT2D eigenvalue weighted by Crippen LogP contribution is 2.26. The van der Waals surface area contributed by atoms with Crippen LogP contribution in [0.15, 0.2) is 0 Å². The highest BCUT2D eigenvalue weighted by Gasteiger charge is 2.34. The Balaban J connectivity index is 1.88. The highest BCUT2D eigenvalue weighted by atomic mass is 32.2. The molecule has 2 aliphatic heterocycles. The first kappa shape index (κ1) is 12.5. The van der Waals surface area contributed by atoms with E-state index in [9.17, 15) is 4.21 Å². The second-order valence-electron chi connectivity index (χ2n) is 5.18. The van der Waals surface area contributed by atoms with Crippen LogP contribution in [0.4, 0.5) is 0 Å². The number of hydrogen-bond acceptors (Lipinski definition) is 3. The van der Waals surface area contributed by atoms with Gasteiger partial charge in [0.25, 0.3) is 0 Å². The van der Waals surface area contributed by atoms with Gasteiger partial charge in [-0.15, -0.1) is 0 Å². The smallest absolute Gasteiger partial charge is 0.0363 e. The van der Waals surface area contributed by atoms with Crippen LogP contribution in [0.5, 0.6) is 0 Å². The Morgan fingerprint density at radius 1 is 1.38 bits per heavy atom. The van der Waals surface area contributed by atoms with Crippen molar-refractivity contribution in [1.82, 2.24) is 10.2 Å². The van der Waals surface area contributed by atoms with Crippen molar-refractivity contribution >= 4 is 10.8 Å². The third kappa shape index (κ3) is 3.05. The van der Waals surface area contributed by atoms with E-state index in [0.717, 1.165) is 31.1 Å². The Morgan fingerprint density at radius 2 is 2.12 bits per heavy atom. The van der Waals surface area contributed by atoms with Crippen molar-refractivity contribution in [2.45, 2.75) is 38.1 Å². The molecule has 94 valence electrons. The number of nitrogens with zero attached hydrogens (tertiary/aromatic N) is 1. The molecule has 0 aromatic heterocycles. The lowest BCUT2D eigenvalue weighted by Gasteiger charge is -2.37. The summed E-state index contributed by atoms with van der Waals surface area (Å²) in [6.45, 7) is 6.67. The lowest BCUT2D eigenvalue weighted by atomic mass is 9.91. The highest BCUT2D eigenvalue weighted by molar-refractivity contribution is 7.85. The molecule has 2 fully saturated rings. The second kappa shape index (κ2) is 5.61. The van der Waals surface area contributed by atoms with Gasteiger partial charge < -0.3 is 5.32 Å². The molecule has 2 saturated heterocycles. The van der Waals surface area contributed by atoms with Gasteiger partial charge in [-0.25, -0.2) is 0 Å². The second-order valence-corrected chi connectivity index (χ2v) is 6.88. The molecule has 2 heterocycles. The summed E-state index contributed by atoms with van der Waals surface area (Å²) in [4.78, 5) is 2.51. The van der Waals surface area contributed by atoms with Crippen molar-refractivity contribution < 1.29 is 4.21 Å². The van der Waals surface area contributed by atoms with E-state index in [2.05, 4.69) is 17.1 Å². The van der Waals surface area contributed by atoms with E-state index >= 15 is 0 Å². The summed E-state index contributed by atoms with van der Waals surface area (Å²) in [5.74, 6) is 1.75. The van der Waals surface area contributed by atoms with Gasteiger partial charge >= 0.3 is 0 Å². The van der Waals surface area contributed by atoms with Crippen molar-refractivity contribution in [3.63, 3.8) is 0 Å². The molecule has 1 unspecified atom stereocenters. The monoisotopic (exact) mass is 244 g/mol. The zero-order chi connectivity index (χ0) is 11.4. The SMILES string of the molecule is CCCC1(CN2CCS(=O)CC2)CCCN1. The minimum atomic E-state index is -0.543. The summed E-state index contributed by atoms with van der Waals surface area (Å²) in [6, 6.07) is 0. The van der Waals surface area contributed by atoms with Crippen LogP contribution in [-0.4, -0.2) is 52.3 Å². The fraction of sp³-hybridized carbons (Fsp3) is 1.00. The Morgan fingerprint density at radius 3 is 2.69 bits per heavy atom. The third-order valence-electron chi connectivity index (χ3n) is 3.86. The van der Waals surface area contributed by atoms with Gasteiger partial charge in [-0.05, 0) is 25.8 Å². The Bertz CT molecular complexity index is 241. The molecule has 0 radical (unpaired) electrons. The van der Waals surface area contributed by atoms with Crippen molar-refractivity contribution in [2.75, 3.05) is 37.7 Å². The van der Waals surface area contributed by atoms with Gasteiger partial charge in [-0.1, -0.05) is 13.3 Å². The van der Waals surface area contributed by atoms with Crippen molar-refractivity contribution in [2.24, 2.45) is 0 Å². The van der Waals surface area contributed by atoms with E-state index in [1.54, 1.807) is 0 Å². The summed E-state index contributed by atoms with van der Waals surface area (Å²) in [5, 5.41) is 3.71. The summed E-state index contributed by atoms with van der Waals surface area (Å²) in [5.41, 5.74) is 0.369. The molecule has 4 heteroatoms. The van der Waals surface area contributed by atoms with E-state index in [0.29, 0.717) is 5.54 Å². The fourth-order valence-electron chi connectivity index (χ4n) is 3.04.